The highest BCUT2D eigenvalue weighted by Gasteiger charge is 2.12. The molecule has 0 saturated heterocycles. The zero-order chi connectivity index (χ0) is 21.2. The van der Waals surface area contributed by atoms with Gasteiger partial charge in [-0.25, -0.2) is 9.59 Å². The maximum absolute atomic E-state index is 12.2. The van der Waals surface area contributed by atoms with E-state index in [0.717, 1.165) is 11.0 Å². The summed E-state index contributed by atoms with van der Waals surface area (Å²) in [6.45, 7) is -0.603. The van der Waals surface area contributed by atoms with Crippen molar-refractivity contribution in [3.8, 4) is 11.5 Å². The SMILES string of the molecule is COc1cc(/C=C/C(=O)OCCO[N+](=O)[O-])ccc1OC(=O)c1ccc(S)cc1. The Morgan fingerprint density at radius 2 is 1.83 bits per heavy atom. The van der Waals surface area contributed by atoms with Crippen molar-refractivity contribution in [2.24, 2.45) is 0 Å². The lowest BCUT2D eigenvalue weighted by Crippen LogP contribution is -2.11. The summed E-state index contributed by atoms with van der Waals surface area (Å²) in [6, 6.07) is 11.2. The molecule has 0 saturated carbocycles. The molecule has 0 bridgehead atoms. The fourth-order valence-corrected chi connectivity index (χ4v) is 2.24. The summed E-state index contributed by atoms with van der Waals surface area (Å²) in [5.41, 5.74) is 0.942. The van der Waals surface area contributed by atoms with Crippen molar-refractivity contribution in [2.75, 3.05) is 20.3 Å². The Balaban J connectivity index is 1.98. The van der Waals surface area contributed by atoms with Crippen molar-refractivity contribution in [3.63, 3.8) is 0 Å². The average Bonchev–Trinajstić information content (AvgIpc) is 2.70. The van der Waals surface area contributed by atoms with E-state index in [2.05, 4.69) is 17.5 Å². The standard InChI is InChI=1S/C19H17NO8S/c1-25-17-12-13(3-9-18(21)26-10-11-27-20(23)24)2-8-16(17)28-19(22)14-4-6-15(29)7-5-14/h2-9,12,29H,10-11H2,1H3/b9-3+. The van der Waals surface area contributed by atoms with Gasteiger partial charge in [0.1, 0.15) is 13.2 Å². The summed E-state index contributed by atoms with van der Waals surface area (Å²) in [5, 5.41) is 9.01. The van der Waals surface area contributed by atoms with E-state index in [0.29, 0.717) is 16.9 Å². The molecule has 0 N–H and O–H groups in total. The predicted octanol–water partition coefficient (Wildman–Crippen LogP) is 2.97. The summed E-state index contributed by atoms with van der Waals surface area (Å²) in [4.78, 5) is 38.5. The molecular formula is C19H17NO8S. The van der Waals surface area contributed by atoms with Gasteiger partial charge in [0.25, 0.3) is 5.09 Å². The number of carbonyl (C=O) groups is 2. The zero-order valence-corrected chi connectivity index (χ0v) is 16.2. The Kier molecular flexibility index (Phi) is 8.04. The van der Waals surface area contributed by atoms with Crippen LogP contribution in [0, 0.1) is 10.1 Å². The van der Waals surface area contributed by atoms with Crippen LogP contribution in [0.25, 0.3) is 6.08 Å². The lowest BCUT2D eigenvalue weighted by Gasteiger charge is -2.10. The van der Waals surface area contributed by atoms with E-state index in [1.807, 2.05) is 0 Å². The van der Waals surface area contributed by atoms with Crippen LogP contribution >= 0.6 is 12.6 Å². The smallest absolute Gasteiger partial charge is 0.343 e. The van der Waals surface area contributed by atoms with Gasteiger partial charge < -0.3 is 19.0 Å². The minimum Gasteiger partial charge on any atom is -0.493 e. The maximum Gasteiger partial charge on any atom is 0.343 e. The van der Waals surface area contributed by atoms with Crippen LogP contribution in [0.5, 0.6) is 11.5 Å². The molecule has 0 spiro atoms. The second kappa shape index (κ2) is 10.7. The summed E-state index contributed by atoms with van der Waals surface area (Å²) in [5.74, 6) is -0.748. The van der Waals surface area contributed by atoms with Crippen molar-refractivity contribution < 1.29 is 33.7 Å². The first-order chi connectivity index (χ1) is 13.9. The Morgan fingerprint density at radius 3 is 2.48 bits per heavy atom. The third-order valence-electron chi connectivity index (χ3n) is 3.43. The van der Waals surface area contributed by atoms with Gasteiger partial charge in [-0.3, -0.25) is 0 Å². The molecule has 0 atom stereocenters. The molecule has 0 amide bonds. The van der Waals surface area contributed by atoms with Crippen molar-refractivity contribution in [3.05, 3.63) is 69.8 Å². The molecule has 0 aromatic heterocycles. The summed E-state index contributed by atoms with van der Waals surface area (Å²) < 4.78 is 15.3. The molecule has 2 aromatic carbocycles. The molecule has 0 fully saturated rings. The van der Waals surface area contributed by atoms with Crippen molar-refractivity contribution in [1.82, 2.24) is 0 Å². The van der Waals surface area contributed by atoms with Gasteiger partial charge in [-0.15, -0.1) is 22.7 Å². The highest BCUT2D eigenvalue weighted by molar-refractivity contribution is 7.80. The highest BCUT2D eigenvalue weighted by Crippen LogP contribution is 2.29. The molecule has 0 aliphatic heterocycles. The van der Waals surface area contributed by atoms with Crippen LogP contribution in [0.15, 0.2) is 53.4 Å². The van der Waals surface area contributed by atoms with Crippen LogP contribution in [0.2, 0.25) is 0 Å². The Morgan fingerprint density at radius 1 is 1.10 bits per heavy atom. The molecule has 29 heavy (non-hydrogen) atoms. The zero-order valence-electron chi connectivity index (χ0n) is 15.3. The van der Waals surface area contributed by atoms with Crippen LogP contribution in [-0.4, -0.2) is 37.3 Å². The molecule has 0 unspecified atom stereocenters. The average molecular weight is 419 g/mol. The first-order valence-electron chi connectivity index (χ1n) is 8.20. The van der Waals surface area contributed by atoms with Gasteiger partial charge >= 0.3 is 11.9 Å². The molecule has 0 aliphatic rings. The number of methoxy groups -OCH3 is 1. The van der Waals surface area contributed by atoms with E-state index in [-0.39, 0.29) is 19.0 Å². The normalized spacial score (nSPS) is 10.4. The summed E-state index contributed by atoms with van der Waals surface area (Å²) in [6.07, 6.45) is 2.60. The summed E-state index contributed by atoms with van der Waals surface area (Å²) in [7, 11) is 1.42. The molecule has 9 nitrogen and oxygen atoms in total. The largest absolute Gasteiger partial charge is 0.493 e. The quantitative estimate of drug-likeness (QED) is 0.125. The number of rotatable bonds is 9. The van der Waals surface area contributed by atoms with E-state index in [4.69, 9.17) is 14.2 Å². The number of carbonyl (C=O) groups excluding carboxylic acids is 2. The highest BCUT2D eigenvalue weighted by atomic mass is 32.1. The van der Waals surface area contributed by atoms with E-state index in [1.54, 1.807) is 36.4 Å². The second-order valence-corrected chi connectivity index (χ2v) is 5.92. The van der Waals surface area contributed by atoms with Crippen molar-refractivity contribution >= 4 is 30.6 Å². The second-order valence-electron chi connectivity index (χ2n) is 5.40. The Bertz CT molecular complexity index is 911. The van der Waals surface area contributed by atoms with Crippen LogP contribution in [0.3, 0.4) is 0 Å². The third-order valence-corrected chi connectivity index (χ3v) is 3.73. The fourth-order valence-electron chi connectivity index (χ4n) is 2.09. The van der Waals surface area contributed by atoms with E-state index in [9.17, 15) is 19.7 Å². The Labute approximate surface area is 171 Å². The number of ether oxygens (including phenoxy) is 3. The molecule has 152 valence electrons. The van der Waals surface area contributed by atoms with Gasteiger partial charge in [0.2, 0.25) is 0 Å². The fraction of sp³-hybridized carbons (Fsp3) is 0.158. The van der Waals surface area contributed by atoms with E-state index < -0.39 is 17.0 Å². The van der Waals surface area contributed by atoms with Gasteiger partial charge in [-0.05, 0) is 48.0 Å². The first kappa shape index (κ1) is 21.8. The number of thiol groups is 1. The van der Waals surface area contributed by atoms with Crippen molar-refractivity contribution in [2.45, 2.75) is 4.90 Å². The van der Waals surface area contributed by atoms with Crippen LogP contribution in [-0.2, 0) is 14.4 Å². The topological polar surface area (TPSA) is 114 Å². The minimum atomic E-state index is -0.972. The molecule has 2 aromatic rings. The third kappa shape index (κ3) is 7.18. The van der Waals surface area contributed by atoms with Gasteiger partial charge in [-0.1, -0.05) is 6.07 Å². The molecular weight excluding hydrogens is 402 g/mol. The molecule has 0 aliphatic carbocycles. The number of hydrogen-bond donors (Lipinski definition) is 1. The number of esters is 2. The van der Waals surface area contributed by atoms with E-state index >= 15 is 0 Å². The van der Waals surface area contributed by atoms with Gasteiger partial charge in [0.15, 0.2) is 11.5 Å². The summed E-state index contributed by atoms with van der Waals surface area (Å²) >= 11 is 4.16. The molecule has 10 heteroatoms. The van der Waals surface area contributed by atoms with Crippen LogP contribution < -0.4 is 9.47 Å². The number of benzene rings is 2. The number of nitrogens with zero attached hydrogens (tertiary/aromatic N) is 1. The lowest BCUT2D eigenvalue weighted by molar-refractivity contribution is -0.757. The lowest BCUT2D eigenvalue weighted by atomic mass is 10.2. The monoisotopic (exact) mass is 419 g/mol. The van der Waals surface area contributed by atoms with Gasteiger partial charge in [0, 0.05) is 11.0 Å². The van der Waals surface area contributed by atoms with Crippen LogP contribution in [0.1, 0.15) is 15.9 Å². The maximum atomic E-state index is 12.2. The Hall–Kier alpha value is -3.53. The predicted molar refractivity (Wildman–Crippen MR) is 105 cm³/mol. The van der Waals surface area contributed by atoms with Gasteiger partial charge in [0.05, 0.1) is 12.7 Å². The van der Waals surface area contributed by atoms with E-state index in [1.165, 1.54) is 19.3 Å². The first-order valence-corrected chi connectivity index (χ1v) is 8.65. The molecule has 0 radical (unpaired) electrons. The number of hydrogen-bond acceptors (Lipinski definition) is 9. The van der Waals surface area contributed by atoms with Crippen molar-refractivity contribution in [1.29, 1.82) is 0 Å². The molecule has 2 rings (SSSR count). The minimum absolute atomic E-state index is 0.212. The van der Waals surface area contributed by atoms with Crippen LogP contribution in [0.4, 0.5) is 0 Å². The molecule has 0 heterocycles. The van der Waals surface area contributed by atoms with Gasteiger partial charge in [-0.2, -0.15) is 0 Å².